The topological polar surface area (TPSA) is 29.0 Å². The number of hydrogen-bond donors (Lipinski definition) is 0. The Kier molecular flexibility index (Phi) is 2.84. The van der Waals surface area contributed by atoms with Crippen LogP contribution in [0.2, 0.25) is 0 Å². The summed E-state index contributed by atoms with van der Waals surface area (Å²) in [5, 5.41) is 0. The molecule has 1 saturated heterocycles. The van der Waals surface area contributed by atoms with Gasteiger partial charge in [0, 0.05) is 13.1 Å². The van der Waals surface area contributed by atoms with Crippen LogP contribution in [-0.4, -0.2) is 23.1 Å². The van der Waals surface area contributed by atoms with E-state index in [0.29, 0.717) is 5.82 Å². The van der Waals surface area contributed by atoms with Crippen molar-refractivity contribution in [1.29, 1.82) is 0 Å². The summed E-state index contributed by atoms with van der Waals surface area (Å²) in [6, 6.07) is 0. The first-order chi connectivity index (χ1) is 7.79. The molecule has 0 atom stereocenters. The van der Waals surface area contributed by atoms with Gasteiger partial charge in [-0.3, -0.25) is 0 Å². The molecule has 0 aliphatic carbocycles. The molecule has 0 radical (unpaired) electrons. The van der Waals surface area contributed by atoms with Gasteiger partial charge in [-0.1, -0.05) is 27.7 Å². The largest absolute Gasteiger partial charge is 0.353 e. The number of halogens is 1. The van der Waals surface area contributed by atoms with Crippen molar-refractivity contribution >= 4 is 5.82 Å². The predicted molar refractivity (Wildman–Crippen MR) is 66.4 cm³/mol. The fourth-order valence-corrected chi connectivity index (χ4v) is 3.19. The molecular formula is C13H20FN3. The maximum absolute atomic E-state index is 13.7. The van der Waals surface area contributed by atoms with Crippen LogP contribution in [0.25, 0.3) is 0 Å². The summed E-state index contributed by atoms with van der Waals surface area (Å²) in [6.07, 6.45) is 3.78. The van der Waals surface area contributed by atoms with Crippen molar-refractivity contribution in [2.24, 2.45) is 10.8 Å². The Morgan fingerprint density at radius 2 is 1.76 bits per heavy atom. The number of rotatable bonds is 1. The van der Waals surface area contributed by atoms with Gasteiger partial charge < -0.3 is 4.90 Å². The lowest BCUT2D eigenvalue weighted by Gasteiger charge is -2.47. The molecule has 3 nitrogen and oxygen atoms in total. The molecule has 1 aromatic rings. The monoisotopic (exact) mass is 237 g/mol. The van der Waals surface area contributed by atoms with Crippen LogP contribution in [0.5, 0.6) is 0 Å². The van der Waals surface area contributed by atoms with E-state index in [1.54, 1.807) is 0 Å². The van der Waals surface area contributed by atoms with Crippen molar-refractivity contribution in [3.05, 3.63) is 18.3 Å². The molecule has 4 heteroatoms. The predicted octanol–water partition coefficient (Wildman–Crippen LogP) is 2.88. The van der Waals surface area contributed by atoms with Crippen LogP contribution < -0.4 is 4.90 Å². The molecule has 0 saturated carbocycles. The molecule has 1 aliphatic rings. The van der Waals surface area contributed by atoms with E-state index in [-0.39, 0.29) is 16.6 Å². The number of aromatic nitrogens is 2. The van der Waals surface area contributed by atoms with Gasteiger partial charge in [0.05, 0.1) is 6.20 Å². The van der Waals surface area contributed by atoms with Gasteiger partial charge in [0.1, 0.15) is 6.33 Å². The zero-order valence-corrected chi connectivity index (χ0v) is 11.0. The third kappa shape index (κ3) is 2.73. The Morgan fingerprint density at radius 1 is 1.18 bits per heavy atom. The van der Waals surface area contributed by atoms with Crippen LogP contribution in [0.3, 0.4) is 0 Å². The van der Waals surface area contributed by atoms with Gasteiger partial charge in [0.15, 0.2) is 11.6 Å². The van der Waals surface area contributed by atoms with Crippen LogP contribution in [0.1, 0.15) is 34.1 Å². The molecule has 0 bridgehead atoms. The standard InChI is InChI=1S/C13H20FN3/c1-12(2)6-13(3,4)8-17(7-12)11-10(14)5-15-9-16-11/h5,9H,6-8H2,1-4H3. The van der Waals surface area contributed by atoms with Gasteiger partial charge in [0.2, 0.25) is 0 Å². The lowest BCUT2D eigenvalue weighted by Crippen LogP contribution is -2.49. The molecule has 0 aromatic carbocycles. The Balaban J connectivity index is 2.30. The summed E-state index contributed by atoms with van der Waals surface area (Å²) in [4.78, 5) is 9.81. The van der Waals surface area contributed by atoms with Gasteiger partial charge in [-0.25, -0.2) is 14.4 Å². The highest BCUT2D eigenvalue weighted by molar-refractivity contribution is 5.40. The highest BCUT2D eigenvalue weighted by atomic mass is 19.1. The first kappa shape index (κ1) is 12.3. The van der Waals surface area contributed by atoms with Crippen molar-refractivity contribution in [1.82, 2.24) is 9.97 Å². The van der Waals surface area contributed by atoms with Crippen molar-refractivity contribution in [2.75, 3.05) is 18.0 Å². The lowest BCUT2D eigenvalue weighted by atomic mass is 9.71. The van der Waals surface area contributed by atoms with E-state index < -0.39 is 0 Å². The fraction of sp³-hybridized carbons (Fsp3) is 0.692. The first-order valence-corrected chi connectivity index (χ1v) is 6.00. The number of nitrogens with zero attached hydrogens (tertiary/aromatic N) is 3. The van der Waals surface area contributed by atoms with E-state index in [1.807, 2.05) is 4.90 Å². The Labute approximate surface area is 102 Å². The van der Waals surface area contributed by atoms with Crippen LogP contribution in [0, 0.1) is 16.6 Å². The smallest absolute Gasteiger partial charge is 0.183 e. The fourth-order valence-electron chi connectivity index (χ4n) is 3.19. The average molecular weight is 237 g/mol. The van der Waals surface area contributed by atoms with E-state index >= 15 is 0 Å². The van der Waals surface area contributed by atoms with Crippen LogP contribution in [0.4, 0.5) is 10.2 Å². The Morgan fingerprint density at radius 3 is 2.29 bits per heavy atom. The minimum Gasteiger partial charge on any atom is -0.353 e. The molecule has 0 unspecified atom stereocenters. The molecule has 2 heterocycles. The highest BCUT2D eigenvalue weighted by Crippen LogP contribution is 2.41. The average Bonchev–Trinajstić information content (AvgIpc) is 2.13. The second-order valence-corrected chi connectivity index (χ2v) is 6.56. The SMILES string of the molecule is CC1(C)CN(c2ncncc2F)CC(C)(C)C1. The minimum atomic E-state index is -0.332. The van der Waals surface area contributed by atoms with Crippen LogP contribution in [-0.2, 0) is 0 Å². The molecule has 0 spiro atoms. The van der Waals surface area contributed by atoms with Crippen molar-refractivity contribution in [3.8, 4) is 0 Å². The van der Waals surface area contributed by atoms with Gasteiger partial charge in [-0.15, -0.1) is 0 Å². The molecule has 17 heavy (non-hydrogen) atoms. The lowest BCUT2D eigenvalue weighted by molar-refractivity contribution is 0.158. The summed E-state index contributed by atoms with van der Waals surface area (Å²) >= 11 is 0. The summed E-state index contributed by atoms with van der Waals surface area (Å²) in [5.74, 6) is 0.0989. The second kappa shape index (κ2) is 3.93. The van der Waals surface area contributed by atoms with E-state index in [2.05, 4.69) is 37.7 Å². The van der Waals surface area contributed by atoms with E-state index in [4.69, 9.17) is 0 Å². The molecule has 2 rings (SSSR count). The van der Waals surface area contributed by atoms with Gasteiger partial charge in [0.25, 0.3) is 0 Å². The third-order valence-electron chi connectivity index (χ3n) is 3.14. The van der Waals surface area contributed by atoms with E-state index in [0.717, 1.165) is 19.5 Å². The quantitative estimate of drug-likeness (QED) is 0.752. The zero-order valence-electron chi connectivity index (χ0n) is 11.0. The summed E-state index contributed by atoms with van der Waals surface area (Å²) in [7, 11) is 0. The molecule has 0 amide bonds. The van der Waals surface area contributed by atoms with Crippen molar-refractivity contribution in [2.45, 2.75) is 34.1 Å². The number of hydrogen-bond acceptors (Lipinski definition) is 3. The number of anilines is 1. The van der Waals surface area contributed by atoms with Crippen LogP contribution >= 0.6 is 0 Å². The highest BCUT2D eigenvalue weighted by Gasteiger charge is 2.38. The molecule has 0 N–H and O–H groups in total. The summed E-state index contributed by atoms with van der Waals surface area (Å²) in [6.45, 7) is 10.6. The van der Waals surface area contributed by atoms with Crippen molar-refractivity contribution in [3.63, 3.8) is 0 Å². The molecule has 1 aromatic heterocycles. The van der Waals surface area contributed by atoms with E-state index in [1.165, 1.54) is 12.5 Å². The molecule has 94 valence electrons. The first-order valence-electron chi connectivity index (χ1n) is 6.00. The minimum absolute atomic E-state index is 0.180. The maximum Gasteiger partial charge on any atom is 0.183 e. The normalized spacial score (nSPS) is 22.5. The van der Waals surface area contributed by atoms with Gasteiger partial charge in [-0.2, -0.15) is 0 Å². The van der Waals surface area contributed by atoms with Crippen molar-refractivity contribution < 1.29 is 4.39 Å². The van der Waals surface area contributed by atoms with Gasteiger partial charge >= 0.3 is 0 Å². The zero-order chi connectivity index (χ0) is 12.7. The number of piperidine rings is 1. The Bertz CT molecular complexity index is 399. The maximum atomic E-state index is 13.7. The second-order valence-electron chi connectivity index (χ2n) is 6.56. The molecular weight excluding hydrogens is 217 g/mol. The molecule has 1 aliphatic heterocycles. The summed E-state index contributed by atoms with van der Waals surface area (Å²) < 4.78 is 13.7. The third-order valence-corrected chi connectivity index (χ3v) is 3.14. The van der Waals surface area contributed by atoms with Crippen LogP contribution in [0.15, 0.2) is 12.5 Å². The Hall–Kier alpha value is -1.19. The van der Waals surface area contributed by atoms with E-state index in [9.17, 15) is 4.39 Å². The summed E-state index contributed by atoms with van der Waals surface area (Å²) in [5.41, 5.74) is 0.359. The van der Waals surface area contributed by atoms with Gasteiger partial charge in [-0.05, 0) is 17.3 Å². The molecule has 1 fully saturated rings.